The van der Waals surface area contributed by atoms with E-state index in [1.165, 1.54) is 18.4 Å². The van der Waals surface area contributed by atoms with Gasteiger partial charge in [-0.05, 0) is 12.1 Å². The Kier molecular flexibility index (Phi) is 2.42. The molecular formula is C7H7F3O2. The first-order valence-corrected chi connectivity index (χ1v) is 3.27. The molecule has 5 heteroatoms. The third-order valence-corrected chi connectivity index (χ3v) is 1.30. The smallest absolute Gasteiger partial charge is 0.392 e. The van der Waals surface area contributed by atoms with E-state index in [0.717, 1.165) is 0 Å². The van der Waals surface area contributed by atoms with Crippen LogP contribution in [0.25, 0.3) is 0 Å². The fourth-order valence-corrected chi connectivity index (χ4v) is 0.801. The lowest BCUT2D eigenvalue weighted by Crippen LogP contribution is -2.12. The summed E-state index contributed by atoms with van der Waals surface area (Å²) < 4.78 is 39.7. The fraction of sp³-hybridized carbons (Fsp3) is 0.429. The molecule has 0 saturated heterocycles. The average Bonchev–Trinajstić information content (AvgIpc) is 2.32. The van der Waals surface area contributed by atoms with E-state index in [2.05, 4.69) is 4.42 Å². The molecule has 0 radical (unpaired) electrons. The van der Waals surface area contributed by atoms with Crippen LogP contribution in [0.5, 0.6) is 0 Å². The lowest BCUT2D eigenvalue weighted by molar-refractivity contribution is -0.156. The van der Waals surface area contributed by atoms with Gasteiger partial charge in [-0.2, -0.15) is 13.2 Å². The minimum absolute atomic E-state index is 0.0627. The maximum Gasteiger partial charge on any atom is 0.392 e. The molecule has 1 rings (SSSR count). The molecule has 0 amide bonds. The minimum Gasteiger partial charge on any atom is -0.467 e. The quantitative estimate of drug-likeness (QED) is 0.757. The van der Waals surface area contributed by atoms with Crippen molar-refractivity contribution in [3.63, 3.8) is 0 Å². The third-order valence-electron chi connectivity index (χ3n) is 1.30. The zero-order valence-corrected chi connectivity index (χ0v) is 6.01. The van der Waals surface area contributed by atoms with Crippen LogP contribution < -0.4 is 0 Å². The number of aliphatic hydroxyl groups excluding tert-OH is 1. The predicted octanol–water partition coefficient (Wildman–Crippen LogP) is 2.27. The molecule has 1 atom stereocenters. The van der Waals surface area contributed by atoms with Crippen molar-refractivity contribution in [2.45, 2.75) is 18.7 Å². The van der Waals surface area contributed by atoms with Gasteiger partial charge in [0.1, 0.15) is 11.9 Å². The van der Waals surface area contributed by atoms with Crippen LogP contribution >= 0.6 is 0 Å². The number of hydrogen-bond acceptors (Lipinski definition) is 2. The van der Waals surface area contributed by atoms with Gasteiger partial charge in [-0.15, -0.1) is 0 Å². The molecule has 1 aromatic rings. The molecule has 0 aliphatic rings. The first-order valence-electron chi connectivity index (χ1n) is 3.27. The summed E-state index contributed by atoms with van der Waals surface area (Å²) in [6.45, 7) is 0. The van der Waals surface area contributed by atoms with E-state index in [4.69, 9.17) is 5.11 Å². The minimum atomic E-state index is -4.37. The van der Waals surface area contributed by atoms with Gasteiger partial charge in [0.15, 0.2) is 0 Å². The number of hydrogen-bond donors (Lipinski definition) is 1. The van der Waals surface area contributed by atoms with Crippen LogP contribution in [0.3, 0.4) is 0 Å². The van der Waals surface area contributed by atoms with Crippen molar-refractivity contribution in [2.75, 3.05) is 0 Å². The summed E-state index contributed by atoms with van der Waals surface area (Å²) in [5.41, 5.74) is 0. The number of rotatable bonds is 2. The number of furan rings is 1. The van der Waals surface area contributed by atoms with Gasteiger partial charge >= 0.3 is 6.18 Å². The second kappa shape index (κ2) is 3.18. The van der Waals surface area contributed by atoms with E-state index in [-0.39, 0.29) is 5.76 Å². The van der Waals surface area contributed by atoms with Crippen LogP contribution in [0.4, 0.5) is 13.2 Å². The lowest BCUT2D eigenvalue weighted by atomic mass is 10.2. The van der Waals surface area contributed by atoms with E-state index in [1.54, 1.807) is 0 Å². The van der Waals surface area contributed by atoms with E-state index in [1.807, 2.05) is 0 Å². The monoisotopic (exact) mass is 180 g/mol. The molecule has 0 spiro atoms. The summed E-state index contributed by atoms with van der Waals surface area (Å²) in [5, 5.41) is 8.93. The topological polar surface area (TPSA) is 33.4 Å². The zero-order valence-electron chi connectivity index (χ0n) is 6.01. The zero-order chi connectivity index (χ0) is 9.19. The second-order valence-corrected chi connectivity index (χ2v) is 2.35. The van der Waals surface area contributed by atoms with Gasteiger partial charge in [0.05, 0.1) is 12.7 Å². The molecule has 0 fully saturated rings. The molecule has 0 saturated carbocycles. The maximum absolute atomic E-state index is 11.7. The molecule has 0 aliphatic carbocycles. The number of alkyl halides is 3. The largest absolute Gasteiger partial charge is 0.467 e. The Bertz CT molecular complexity index is 227. The van der Waals surface area contributed by atoms with Gasteiger partial charge in [0.25, 0.3) is 0 Å². The van der Waals surface area contributed by atoms with E-state index in [0.29, 0.717) is 0 Å². The third kappa shape index (κ3) is 2.58. The SMILES string of the molecule is OC(CC(F)(F)F)c1ccco1. The summed E-state index contributed by atoms with van der Waals surface area (Å²) in [4.78, 5) is 0. The summed E-state index contributed by atoms with van der Waals surface area (Å²) in [6, 6.07) is 2.73. The molecule has 68 valence electrons. The molecule has 0 bridgehead atoms. The van der Waals surface area contributed by atoms with Crippen LogP contribution in [0.15, 0.2) is 22.8 Å². The molecular weight excluding hydrogens is 173 g/mol. The Morgan fingerprint density at radius 2 is 2.17 bits per heavy atom. The molecule has 2 nitrogen and oxygen atoms in total. The van der Waals surface area contributed by atoms with Crippen LogP contribution in [0, 0.1) is 0 Å². The molecule has 0 aliphatic heterocycles. The highest BCUT2D eigenvalue weighted by molar-refractivity contribution is 5.01. The summed E-state index contributed by atoms with van der Waals surface area (Å²) >= 11 is 0. The van der Waals surface area contributed by atoms with Crippen LogP contribution in [0.2, 0.25) is 0 Å². The Hall–Kier alpha value is -0.970. The van der Waals surface area contributed by atoms with E-state index >= 15 is 0 Å². The molecule has 0 aromatic carbocycles. The standard InChI is InChI=1S/C7H7F3O2/c8-7(9,10)4-5(11)6-2-1-3-12-6/h1-3,5,11H,4H2. The Labute approximate surface area is 66.6 Å². The summed E-state index contributed by atoms with van der Waals surface area (Å²) in [6.07, 6.45) is -6.03. The van der Waals surface area contributed by atoms with Gasteiger partial charge in [0, 0.05) is 0 Å². The van der Waals surface area contributed by atoms with Gasteiger partial charge in [-0.25, -0.2) is 0 Å². The predicted molar refractivity (Wildman–Crippen MR) is 34.3 cm³/mol. The average molecular weight is 180 g/mol. The fourth-order valence-electron chi connectivity index (χ4n) is 0.801. The highest BCUT2D eigenvalue weighted by Gasteiger charge is 2.32. The van der Waals surface area contributed by atoms with Gasteiger partial charge in [0.2, 0.25) is 0 Å². The Balaban J connectivity index is 2.56. The Morgan fingerprint density at radius 1 is 1.50 bits per heavy atom. The van der Waals surface area contributed by atoms with Crippen molar-refractivity contribution < 1.29 is 22.7 Å². The van der Waals surface area contributed by atoms with Crippen molar-refractivity contribution >= 4 is 0 Å². The molecule has 1 heterocycles. The normalized spacial score (nSPS) is 14.7. The van der Waals surface area contributed by atoms with E-state index < -0.39 is 18.7 Å². The van der Waals surface area contributed by atoms with Crippen LogP contribution in [-0.2, 0) is 0 Å². The van der Waals surface area contributed by atoms with Crippen LogP contribution in [-0.4, -0.2) is 11.3 Å². The van der Waals surface area contributed by atoms with Crippen molar-refractivity contribution in [1.82, 2.24) is 0 Å². The van der Waals surface area contributed by atoms with Gasteiger partial charge in [-0.3, -0.25) is 0 Å². The number of aliphatic hydroxyl groups is 1. The highest BCUT2D eigenvalue weighted by atomic mass is 19.4. The van der Waals surface area contributed by atoms with E-state index in [9.17, 15) is 13.2 Å². The van der Waals surface area contributed by atoms with Crippen molar-refractivity contribution in [3.8, 4) is 0 Å². The number of halogens is 3. The molecule has 1 N–H and O–H groups in total. The maximum atomic E-state index is 11.7. The Morgan fingerprint density at radius 3 is 2.58 bits per heavy atom. The van der Waals surface area contributed by atoms with Gasteiger partial charge < -0.3 is 9.52 Å². The lowest BCUT2D eigenvalue weighted by Gasteiger charge is -2.09. The highest BCUT2D eigenvalue weighted by Crippen LogP contribution is 2.29. The van der Waals surface area contributed by atoms with Crippen molar-refractivity contribution in [1.29, 1.82) is 0 Å². The first kappa shape index (κ1) is 9.12. The molecule has 12 heavy (non-hydrogen) atoms. The second-order valence-electron chi connectivity index (χ2n) is 2.35. The van der Waals surface area contributed by atoms with Crippen molar-refractivity contribution in [2.24, 2.45) is 0 Å². The summed E-state index contributed by atoms with van der Waals surface area (Å²) in [7, 11) is 0. The first-order chi connectivity index (χ1) is 5.49. The molecule has 1 unspecified atom stereocenters. The molecule has 1 aromatic heterocycles. The van der Waals surface area contributed by atoms with Crippen LogP contribution in [0.1, 0.15) is 18.3 Å². The van der Waals surface area contributed by atoms with Crippen molar-refractivity contribution in [3.05, 3.63) is 24.2 Å². The summed E-state index contributed by atoms with van der Waals surface area (Å²) in [5.74, 6) is -0.0627. The van der Waals surface area contributed by atoms with Gasteiger partial charge in [-0.1, -0.05) is 0 Å².